The van der Waals surface area contributed by atoms with Crippen molar-refractivity contribution in [1.82, 2.24) is 25.3 Å². The molecule has 0 spiro atoms. The molecule has 0 saturated heterocycles. The largest absolute Gasteiger partial charge is 0.361 e. The normalized spacial score (nSPS) is 13.4. The molecule has 0 atom stereocenters. The van der Waals surface area contributed by atoms with Crippen LogP contribution in [-0.4, -0.2) is 25.8 Å². The summed E-state index contributed by atoms with van der Waals surface area (Å²) in [5.74, 6) is 2.07. The van der Waals surface area contributed by atoms with Gasteiger partial charge in [-0.3, -0.25) is 5.41 Å². The molecule has 1 saturated carbocycles. The van der Waals surface area contributed by atoms with Crippen molar-refractivity contribution >= 4 is 28.4 Å². The average molecular weight is 383 g/mol. The highest BCUT2D eigenvalue weighted by molar-refractivity contribution is 5.99. The zero-order valence-electron chi connectivity index (χ0n) is 15.8. The Morgan fingerprint density at radius 1 is 1.03 bits per heavy atom. The van der Waals surface area contributed by atoms with E-state index in [9.17, 15) is 0 Å². The number of nitrogens with one attached hydrogen (secondary N) is 4. The smallest absolute Gasteiger partial charge is 0.160 e. The van der Waals surface area contributed by atoms with Gasteiger partial charge in [-0.05, 0) is 37.1 Å². The minimum Gasteiger partial charge on any atom is -0.361 e. The van der Waals surface area contributed by atoms with E-state index in [-0.39, 0.29) is 5.84 Å². The molecule has 2 aromatic carbocycles. The maximum atomic E-state index is 8.52. The number of aromatic nitrogens is 4. The Labute approximate surface area is 168 Å². The molecule has 2 aromatic heterocycles. The molecule has 0 radical (unpaired) electrons. The molecule has 2 heterocycles. The summed E-state index contributed by atoms with van der Waals surface area (Å²) in [5.41, 5.74) is 4.29. The Morgan fingerprint density at radius 3 is 2.62 bits per heavy atom. The maximum absolute atomic E-state index is 8.52. The van der Waals surface area contributed by atoms with E-state index in [0.29, 0.717) is 24.0 Å². The van der Waals surface area contributed by atoms with Crippen LogP contribution < -0.4 is 10.6 Å². The molecule has 1 aliphatic rings. The highest BCUT2D eigenvalue weighted by atomic mass is 15.1. The third-order valence-electron chi connectivity index (χ3n) is 4.93. The van der Waals surface area contributed by atoms with Gasteiger partial charge < -0.3 is 15.6 Å². The second-order valence-corrected chi connectivity index (χ2v) is 7.19. The molecule has 7 heteroatoms. The average Bonchev–Trinajstić information content (AvgIpc) is 3.52. The van der Waals surface area contributed by atoms with Crippen molar-refractivity contribution in [2.45, 2.75) is 25.3 Å². The number of amidine groups is 1. The number of aromatic amines is 1. The van der Waals surface area contributed by atoms with Crippen LogP contribution in [0.25, 0.3) is 11.0 Å². The number of nitrogens with zero attached hydrogens (tertiary/aromatic N) is 3. The number of imidazole rings is 1. The molecule has 7 nitrogen and oxygen atoms in total. The van der Waals surface area contributed by atoms with Crippen LogP contribution in [0.15, 0.2) is 60.8 Å². The maximum Gasteiger partial charge on any atom is 0.160 e. The molecule has 0 unspecified atom stereocenters. The number of benzene rings is 2. The minimum atomic E-state index is 0.207. The number of para-hydroxylation sites is 3. The molecular weight excluding hydrogens is 362 g/mol. The predicted octanol–water partition coefficient (Wildman–Crippen LogP) is 4.09. The number of rotatable bonds is 6. The summed E-state index contributed by atoms with van der Waals surface area (Å²) in [6.45, 7) is 0.407. The Morgan fingerprint density at radius 2 is 1.83 bits per heavy atom. The lowest BCUT2D eigenvalue weighted by Crippen LogP contribution is -2.26. The molecule has 4 N–H and O–H groups in total. The zero-order chi connectivity index (χ0) is 19.6. The first kappa shape index (κ1) is 17.4. The lowest BCUT2D eigenvalue weighted by atomic mass is 10.2. The predicted molar refractivity (Wildman–Crippen MR) is 113 cm³/mol. The number of hydrogen-bond acceptors (Lipinski definition) is 5. The van der Waals surface area contributed by atoms with Gasteiger partial charge in [0.2, 0.25) is 0 Å². The fourth-order valence-corrected chi connectivity index (χ4v) is 3.25. The van der Waals surface area contributed by atoms with Gasteiger partial charge in [0.1, 0.15) is 17.4 Å². The Balaban J connectivity index is 1.37. The monoisotopic (exact) mass is 383 g/mol. The minimum absolute atomic E-state index is 0.207. The van der Waals surface area contributed by atoms with Crippen molar-refractivity contribution in [3.05, 3.63) is 78.0 Å². The quantitative estimate of drug-likeness (QED) is 0.297. The van der Waals surface area contributed by atoms with E-state index in [0.717, 1.165) is 41.1 Å². The standard InChI is InChI=1S/C22H21N7/c23-21(25-13-19-27-16-8-4-5-9-17(16)28-19)20-22(26-15-6-2-1-3-7-15)29-18(12-24-20)14-10-11-14/h1-9,12,14H,10-11,13H2,(H2,23,25)(H,26,29)(H,27,28). The van der Waals surface area contributed by atoms with Crippen molar-refractivity contribution in [2.75, 3.05) is 5.32 Å². The molecule has 5 rings (SSSR count). The topological polar surface area (TPSA) is 102 Å². The fourth-order valence-electron chi connectivity index (χ4n) is 3.25. The zero-order valence-corrected chi connectivity index (χ0v) is 15.8. The molecule has 29 heavy (non-hydrogen) atoms. The summed E-state index contributed by atoms with van der Waals surface area (Å²) in [5, 5.41) is 15.0. The number of hydrogen-bond donors (Lipinski definition) is 4. The summed E-state index contributed by atoms with van der Waals surface area (Å²) in [6.07, 6.45) is 4.10. The van der Waals surface area contributed by atoms with Gasteiger partial charge in [0.05, 0.1) is 23.3 Å². The van der Waals surface area contributed by atoms with E-state index in [4.69, 9.17) is 10.4 Å². The van der Waals surface area contributed by atoms with Gasteiger partial charge in [0, 0.05) is 17.8 Å². The second-order valence-electron chi connectivity index (χ2n) is 7.19. The van der Waals surface area contributed by atoms with Crippen molar-refractivity contribution < 1.29 is 0 Å². The van der Waals surface area contributed by atoms with Gasteiger partial charge in [-0.25, -0.2) is 15.0 Å². The molecule has 1 aliphatic carbocycles. The molecule has 1 fully saturated rings. The SMILES string of the molecule is N=C(NCc1nc2ccccc2[nH]1)c1ncc(C2CC2)nc1Nc1ccccc1. The van der Waals surface area contributed by atoms with E-state index in [2.05, 4.69) is 25.6 Å². The molecule has 144 valence electrons. The number of H-pyrrole nitrogens is 1. The van der Waals surface area contributed by atoms with Crippen LogP contribution in [0.2, 0.25) is 0 Å². The first-order chi connectivity index (χ1) is 14.3. The van der Waals surface area contributed by atoms with E-state index >= 15 is 0 Å². The Bertz CT molecular complexity index is 1130. The number of fused-ring (bicyclic) bond motifs is 1. The van der Waals surface area contributed by atoms with Crippen molar-refractivity contribution in [3.8, 4) is 0 Å². The van der Waals surface area contributed by atoms with Gasteiger partial charge in [0.25, 0.3) is 0 Å². The molecule has 4 aromatic rings. The lowest BCUT2D eigenvalue weighted by molar-refractivity contribution is 0.842. The Kier molecular flexibility index (Phi) is 4.40. The highest BCUT2D eigenvalue weighted by Gasteiger charge is 2.27. The Hall–Kier alpha value is -3.74. The first-order valence-corrected chi connectivity index (χ1v) is 9.72. The number of anilines is 2. The summed E-state index contributed by atoms with van der Waals surface area (Å²) in [7, 11) is 0. The van der Waals surface area contributed by atoms with Crippen LogP contribution in [0.3, 0.4) is 0 Å². The van der Waals surface area contributed by atoms with Crippen LogP contribution >= 0.6 is 0 Å². The molecule has 0 amide bonds. The third kappa shape index (κ3) is 3.80. The molecule has 0 bridgehead atoms. The van der Waals surface area contributed by atoms with Crippen LogP contribution in [0.5, 0.6) is 0 Å². The van der Waals surface area contributed by atoms with E-state index in [1.165, 1.54) is 0 Å². The van der Waals surface area contributed by atoms with Gasteiger partial charge in [-0.15, -0.1) is 0 Å². The van der Waals surface area contributed by atoms with Crippen molar-refractivity contribution in [1.29, 1.82) is 5.41 Å². The summed E-state index contributed by atoms with van der Waals surface area (Å²) < 4.78 is 0. The van der Waals surface area contributed by atoms with Gasteiger partial charge in [-0.2, -0.15) is 0 Å². The third-order valence-corrected chi connectivity index (χ3v) is 4.93. The molecular formula is C22H21N7. The summed E-state index contributed by atoms with van der Waals surface area (Å²) in [6, 6.07) is 17.7. The summed E-state index contributed by atoms with van der Waals surface area (Å²) in [4.78, 5) is 17.1. The fraction of sp³-hybridized carbons (Fsp3) is 0.182. The van der Waals surface area contributed by atoms with Gasteiger partial charge in [0.15, 0.2) is 5.82 Å². The van der Waals surface area contributed by atoms with Gasteiger partial charge >= 0.3 is 0 Å². The van der Waals surface area contributed by atoms with Crippen LogP contribution in [0.4, 0.5) is 11.5 Å². The van der Waals surface area contributed by atoms with Crippen molar-refractivity contribution in [3.63, 3.8) is 0 Å². The summed E-state index contributed by atoms with van der Waals surface area (Å²) >= 11 is 0. The van der Waals surface area contributed by atoms with Crippen LogP contribution in [0.1, 0.15) is 36.0 Å². The molecule has 0 aliphatic heterocycles. The van der Waals surface area contributed by atoms with E-state index in [1.807, 2.05) is 54.6 Å². The van der Waals surface area contributed by atoms with E-state index < -0.39 is 0 Å². The van der Waals surface area contributed by atoms with Gasteiger partial charge in [-0.1, -0.05) is 30.3 Å². The highest BCUT2D eigenvalue weighted by Crippen LogP contribution is 2.39. The van der Waals surface area contributed by atoms with E-state index in [1.54, 1.807) is 6.20 Å². The van der Waals surface area contributed by atoms with Crippen LogP contribution in [0, 0.1) is 5.41 Å². The second kappa shape index (κ2) is 7.35. The lowest BCUT2D eigenvalue weighted by Gasteiger charge is -2.13. The van der Waals surface area contributed by atoms with Crippen molar-refractivity contribution in [2.24, 2.45) is 0 Å². The first-order valence-electron chi connectivity index (χ1n) is 9.72. The van der Waals surface area contributed by atoms with Crippen LogP contribution in [-0.2, 0) is 6.54 Å².